The maximum atomic E-state index is 13.7. The second-order valence-electron chi connectivity index (χ2n) is 9.49. The summed E-state index contributed by atoms with van der Waals surface area (Å²) in [5, 5.41) is 15.6. The van der Waals surface area contributed by atoms with Crippen molar-refractivity contribution in [3.8, 4) is 11.5 Å². The first-order chi connectivity index (χ1) is 21.8. The second kappa shape index (κ2) is 14.7. The molecule has 0 aliphatic carbocycles. The van der Waals surface area contributed by atoms with Gasteiger partial charge in [-0.15, -0.1) is 0 Å². The summed E-state index contributed by atoms with van der Waals surface area (Å²) in [7, 11) is -1.51. The van der Waals surface area contributed by atoms with Crippen molar-refractivity contribution in [3.63, 3.8) is 0 Å². The minimum atomic E-state index is -4.24. The lowest BCUT2D eigenvalue weighted by Gasteiger charge is -2.16. The molecule has 1 aromatic heterocycles. The number of sulfone groups is 1. The molecule has 5 N–H and O–H groups in total. The number of nitrogens with zero attached hydrogens (tertiary/aromatic N) is 2. The first kappa shape index (κ1) is 34.3. The molecule has 4 aromatic rings. The van der Waals surface area contributed by atoms with Crippen molar-refractivity contribution in [3.05, 3.63) is 99.3 Å². The third kappa shape index (κ3) is 7.98. The van der Waals surface area contributed by atoms with E-state index in [9.17, 15) is 23.1 Å². The molecule has 0 spiro atoms. The topological polar surface area (TPSA) is 182 Å². The number of nitrogens with two attached hydrogens (primary N) is 1. The van der Waals surface area contributed by atoms with Gasteiger partial charge >= 0.3 is 5.97 Å². The Balaban J connectivity index is 1.55. The number of amides is 1. The Hall–Kier alpha value is -4.56. The molecule has 0 saturated heterocycles. The van der Waals surface area contributed by atoms with Crippen LogP contribution in [-0.4, -0.2) is 56.6 Å². The van der Waals surface area contributed by atoms with Crippen LogP contribution in [0, 0.1) is 0 Å². The molecule has 240 valence electrons. The van der Waals surface area contributed by atoms with E-state index in [1.807, 2.05) is 0 Å². The highest BCUT2D eigenvalue weighted by Gasteiger charge is 2.27. The summed E-state index contributed by atoms with van der Waals surface area (Å²) in [6, 6.07) is 13.3. The number of carboxylic acids is 1. The fourth-order valence-electron chi connectivity index (χ4n) is 4.24. The van der Waals surface area contributed by atoms with Crippen molar-refractivity contribution in [1.82, 2.24) is 4.98 Å². The number of carboxylic acid groups (broad SMARTS) is 1. The van der Waals surface area contributed by atoms with Gasteiger partial charge in [0.2, 0.25) is 9.84 Å². The van der Waals surface area contributed by atoms with E-state index in [4.69, 9.17) is 50.0 Å². The number of methoxy groups -OCH3 is 2. The number of hydrogen-bond donors (Lipinski definition) is 4. The van der Waals surface area contributed by atoms with Crippen molar-refractivity contribution in [2.24, 2.45) is 10.7 Å². The van der Waals surface area contributed by atoms with Crippen LogP contribution in [0.15, 0.2) is 87.8 Å². The molecular formula is C30H26Cl3N5O7S. The minimum Gasteiger partial charge on any atom is -0.497 e. The number of aliphatic imine (C=N–C) groups is 1. The number of carbonyl (C=O) groups is 2. The summed E-state index contributed by atoms with van der Waals surface area (Å²) in [5.74, 6) is -1.86. The van der Waals surface area contributed by atoms with Crippen LogP contribution in [0.25, 0.3) is 0 Å². The summed E-state index contributed by atoms with van der Waals surface area (Å²) < 4.78 is 37.9. The van der Waals surface area contributed by atoms with Crippen molar-refractivity contribution in [1.29, 1.82) is 0 Å². The third-order valence-electron chi connectivity index (χ3n) is 6.46. The largest absolute Gasteiger partial charge is 0.497 e. The number of aromatic nitrogens is 1. The Morgan fingerprint density at radius 1 is 0.935 bits per heavy atom. The van der Waals surface area contributed by atoms with E-state index in [1.165, 1.54) is 56.9 Å². The second-order valence-corrected chi connectivity index (χ2v) is 12.6. The molecule has 0 radical (unpaired) electrons. The number of hydrogen-bond acceptors (Lipinski definition) is 8. The van der Waals surface area contributed by atoms with Gasteiger partial charge in [0, 0.05) is 35.6 Å². The van der Waals surface area contributed by atoms with Crippen molar-refractivity contribution >= 4 is 73.9 Å². The van der Waals surface area contributed by atoms with Crippen LogP contribution in [0.1, 0.15) is 15.9 Å². The number of pyridine rings is 1. The fourth-order valence-corrected chi connectivity index (χ4v) is 6.52. The third-order valence-corrected chi connectivity index (χ3v) is 9.10. The summed E-state index contributed by atoms with van der Waals surface area (Å²) in [5.41, 5.74) is 7.05. The van der Waals surface area contributed by atoms with Gasteiger partial charge in [-0.2, -0.15) is 0 Å². The first-order valence-corrected chi connectivity index (χ1v) is 15.7. The number of guanidine groups is 1. The highest BCUT2D eigenvalue weighted by Crippen LogP contribution is 2.36. The normalized spacial score (nSPS) is 12.2. The quantitative estimate of drug-likeness (QED) is 0.114. The molecular weight excluding hydrogens is 681 g/mol. The number of rotatable bonds is 11. The molecule has 1 amide bonds. The summed E-state index contributed by atoms with van der Waals surface area (Å²) in [6.07, 6.45) is 2.50. The predicted molar refractivity (Wildman–Crippen MR) is 175 cm³/mol. The van der Waals surface area contributed by atoms with E-state index in [2.05, 4.69) is 20.6 Å². The number of ether oxygens (including phenoxy) is 2. The van der Waals surface area contributed by atoms with Crippen LogP contribution in [0.4, 0.5) is 11.4 Å². The van der Waals surface area contributed by atoms with Gasteiger partial charge in [0.15, 0.2) is 12.0 Å². The van der Waals surface area contributed by atoms with Gasteiger partial charge < -0.3 is 30.9 Å². The van der Waals surface area contributed by atoms with E-state index in [1.54, 1.807) is 30.3 Å². The number of carbonyl (C=O) groups excluding carboxylic acids is 1. The molecule has 0 aliphatic heterocycles. The van der Waals surface area contributed by atoms with Gasteiger partial charge in [0.25, 0.3) is 5.91 Å². The van der Waals surface area contributed by atoms with Gasteiger partial charge in [0.1, 0.15) is 16.4 Å². The van der Waals surface area contributed by atoms with Crippen LogP contribution >= 0.6 is 34.8 Å². The van der Waals surface area contributed by atoms with Crippen LogP contribution in [0.5, 0.6) is 11.5 Å². The molecule has 3 aromatic carbocycles. The van der Waals surface area contributed by atoms with Crippen molar-refractivity contribution < 1.29 is 32.6 Å². The fraction of sp³-hybridized carbons (Fsp3) is 0.133. The van der Waals surface area contributed by atoms with E-state index >= 15 is 0 Å². The standard InChI is InChI=1S/C30H26Cl3N5O7S/c1-44-19-8-9-24(45-2)26(13-19)46(42,43)25-10-5-17(31)12-22(25)37-30(34)38-23(29(40)41)11-16-3-6-18(7-4-16)36-28(39)27-20(32)14-35-15-21(27)33/h3-10,12-15,23H,11H2,1-2H3,(H,36,39)(H,40,41)(H3,34,37,38)/t23-/m0/s1. The molecule has 16 heteroatoms. The SMILES string of the molecule is COc1ccc(OC)c(S(=O)(=O)c2ccc(Cl)cc2NC(N)=N[C@@H](Cc2ccc(NC(=O)c3c(Cl)cncc3Cl)cc2)C(=O)O)c1. The molecule has 46 heavy (non-hydrogen) atoms. The maximum Gasteiger partial charge on any atom is 0.328 e. The number of anilines is 2. The molecule has 0 saturated carbocycles. The summed E-state index contributed by atoms with van der Waals surface area (Å²) in [4.78, 5) is 32.2. The van der Waals surface area contributed by atoms with Gasteiger partial charge in [-0.3, -0.25) is 9.78 Å². The molecule has 0 fully saturated rings. The number of nitrogens with one attached hydrogen (secondary N) is 2. The molecule has 1 atom stereocenters. The summed E-state index contributed by atoms with van der Waals surface area (Å²) >= 11 is 18.3. The van der Waals surface area contributed by atoms with Gasteiger partial charge in [0.05, 0.1) is 40.4 Å². The number of aliphatic carboxylic acids is 1. The average Bonchev–Trinajstić information content (AvgIpc) is 3.01. The minimum absolute atomic E-state index is 0.0442. The van der Waals surface area contributed by atoms with Gasteiger partial charge in [-0.25, -0.2) is 18.2 Å². The van der Waals surface area contributed by atoms with Crippen LogP contribution in [0.3, 0.4) is 0 Å². The van der Waals surface area contributed by atoms with E-state index in [-0.39, 0.29) is 60.0 Å². The Morgan fingerprint density at radius 2 is 1.61 bits per heavy atom. The van der Waals surface area contributed by atoms with E-state index in [0.717, 1.165) is 0 Å². The molecule has 1 heterocycles. The Morgan fingerprint density at radius 3 is 2.22 bits per heavy atom. The lowest BCUT2D eigenvalue weighted by Crippen LogP contribution is -2.30. The predicted octanol–water partition coefficient (Wildman–Crippen LogP) is 5.57. The zero-order chi connectivity index (χ0) is 33.6. The molecule has 4 rings (SSSR count). The highest BCUT2D eigenvalue weighted by molar-refractivity contribution is 7.91. The summed E-state index contributed by atoms with van der Waals surface area (Å²) in [6.45, 7) is 0. The molecule has 12 nitrogen and oxygen atoms in total. The average molecular weight is 707 g/mol. The van der Waals surface area contributed by atoms with Crippen molar-refractivity contribution in [2.75, 3.05) is 24.9 Å². The Labute approximate surface area is 279 Å². The van der Waals surface area contributed by atoms with Crippen LogP contribution in [0.2, 0.25) is 15.1 Å². The lowest BCUT2D eigenvalue weighted by molar-refractivity contribution is -0.138. The van der Waals surface area contributed by atoms with Crippen LogP contribution in [-0.2, 0) is 21.1 Å². The van der Waals surface area contributed by atoms with Crippen molar-refractivity contribution in [2.45, 2.75) is 22.3 Å². The smallest absolute Gasteiger partial charge is 0.328 e. The highest BCUT2D eigenvalue weighted by atomic mass is 35.5. The number of benzene rings is 3. The molecule has 0 bridgehead atoms. The van der Waals surface area contributed by atoms with E-state index in [0.29, 0.717) is 11.3 Å². The molecule has 0 unspecified atom stereocenters. The van der Waals surface area contributed by atoms with E-state index < -0.39 is 27.8 Å². The Bertz CT molecular complexity index is 1900. The lowest BCUT2D eigenvalue weighted by atomic mass is 10.1. The zero-order valence-electron chi connectivity index (χ0n) is 24.1. The maximum absolute atomic E-state index is 13.7. The molecule has 0 aliphatic rings. The van der Waals surface area contributed by atoms with Gasteiger partial charge in [-0.1, -0.05) is 46.9 Å². The zero-order valence-corrected chi connectivity index (χ0v) is 27.2. The Kier molecular flexibility index (Phi) is 11.0. The van der Waals surface area contributed by atoms with Crippen LogP contribution < -0.4 is 25.8 Å². The number of halogens is 3. The first-order valence-electron chi connectivity index (χ1n) is 13.1. The van der Waals surface area contributed by atoms with Gasteiger partial charge in [-0.05, 0) is 48.0 Å². The monoisotopic (exact) mass is 705 g/mol.